The lowest BCUT2D eigenvalue weighted by molar-refractivity contribution is 0.487. The van der Waals surface area contributed by atoms with Crippen molar-refractivity contribution in [2.45, 2.75) is 0 Å². The average Bonchev–Trinajstić information content (AvgIpc) is 4.27. The van der Waals surface area contributed by atoms with Crippen molar-refractivity contribution in [1.29, 1.82) is 0 Å². The zero-order chi connectivity index (χ0) is 47.2. The average molecular weight is 930 g/mol. The molecule has 0 spiro atoms. The molecule has 0 saturated carbocycles. The number of hydrogen-bond donors (Lipinski definition) is 0. The molecule has 5 aromatic heterocycles. The largest absolute Gasteiger partial charge is 0.458 e. The number of ether oxygens (including phenoxy) is 1. The Bertz CT molecular complexity index is 5040. The van der Waals surface area contributed by atoms with Crippen molar-refractivity contribution in [2.24, 2.45) is 0 Å². The topological polar surface area (TPSA) is 50.3 Å². The van der Waals surface area contributed by atoms with E-state index in [4.69, 9.17) is 13.6 Å². The Balaban J connectivity index is 0.957. The first-order chi connectivity index (χ1) is 36.2. The second kappa shape index (κ2) is 13.6. The maximum absolute atomic E-state index is 7.27. The predicted octanol–water partition coefficient (Wildman–Crippen LogP) is 15.4. The van der Waals surface area contributed by atoms with E-state index in [2.05, 4.69) is 232 Å². The van der Waals surface area contributed by atoms with Gasteiger partial charge in [-0.3, -0.25) is 0 Å². The van der Waals surface area contributed by atoms with Gasteiger partial charge in [0.2, 0.25) is 0 Å². The molecular weight excluding hydrogens is 894 g/mol. The normalized spacial score (nSPS) is 13.0. The number of rotatable bonds is 3. The molecule has 7 heteroatoms. The Labute approximate surface area is 415 Å². The van der Waals surface area contributed by atoms with Crippen molar-refractivity contribution in [3.05, 3.63) is 218 Å². The number of fused-ring (bicyclic) bond motifs is 21. The number of para-hydroxylation sites is 4. The molecule has 0 fully saturated rings. The first-order valence-electron chi connectivity index (χ1n) is 25.0. The van der Waals surface area contributed by atoms with Crippen molar-refractivity contribution >= 4 is 132 Å². The summed E-state index contributed by atoms with van der Waals surface area (Å²) in [4.78, 5) is 0. The van der Waals surface area contributed by atoms with Gasteiger partial charge in [0, 0.05) is 60.2 Å². The minimum atomic E-state index is -0.117. The molecule has 0 bridgehead atoms. The van der Waals surface area contributed by atoms with Gasteiger partial charge in [-0.2, -0.15) is 0 Å². The summed E-state index contributed by atoms with van der Waals surface area (Å²) >= 11 is 0. The molecule has 2 aliphatic rings. The van der Waals surface area contributed by atoms with E-state index in [0.29, 0.717) is 0 Å². The van der Waals surface area contributed by atoms with Crippen molar-refractivity contribution in [2.75, 3.05) is 0 Å². The molecule has 0 amide bonds. The fraction of sp³-hybridized carbons (Fsp3) is 0. The van der Waals surface area contributed by atoms with Crippen LogP contribution in [-0.4, -0.2) is 20.4 Å². The summed E-state index contributed by atoms with van der Waals surface area (Å²) in [5.74, 6) is 1.74. The molecule has 16 aromatic rings. The fourth-order valence-corrected chi connectivity index (χ4v) is 13.3. The van der Waals surface area contributed by atoms with Crippen LogP contribution in [0, 0.1) is 0 Å². The van der Waals surface area contributed by atoms with Crippen LogP contribution in [0.2, 0.25) is 0 Å². The summed E-state index contributed by atoms with van der Waals surface area (Å²) in [5, 5.41) is 11.3. The fourth-order valence-electron chi connectivity index (χ4n) is 13.3. The van der Waals surface area contributed by atoms with Gasteiger partial charge in [-0.1, -0.05) is 127 Å². The molecule has 0 radical (unpaired) electrons. The lowest BCUT2D eigenvalue weighted by Gasteiger charge is -2.33. The molecule has 0 saturated heterocycles. The zero-order valence-corrected chi connectivity index (χ0v) is 38.9. The monoisotopic (exact) mass is 929 g/mol. The van der Waals surface area contributed by atoms with Crippen molar-refractivity contribution in [1.82, 2.24) is 13.7 Å². The van der Waals surface area contributed by atoms with E-state index < -0.39 is 0 Å². The van der Waals surface area contributed by atoms with Gasteiger partial charge in [0.1, 0.15) is 33.8 Å². The van der Waals surface area contributed by atoms with Crippen molar-refractivity contribution < 1.29 is 13.6 Å². The van der Waals surface area contributed by atoms with Gasteiger partial charge in [-0.15, -0.1) is 0 Å². The number of hydrogen-bond acceptors (Lipinski definition) is 3. The van der Waals surface area contributed by atoms with E-state index in [1.807, 2.05) is 0 Å². The number of benzene rings is 11. The van der Waals surface area contributed by atoms with Gasteiger partial charge in [-0.25, -0.2) is 0 Å². The number of nitrogens with zero attached hydrogens (tertiary/aromatic N) is 3. The summed E-state index contributed by atoms with van der Waals surface area (Å²) in [6.07, 6.45) is 0. The lowest BCUT2D eigenvalue weighted by Crippen LogP contribution is -2.58. The van der Waals surface area contributed by atoms with Crippen LogP contribution in [0.3, 0.4) is 0 Å². The molecule has 73 heavy (non-hydrogen) atoms. The van der Waals surface area contributed by atoms with Crippen LogP contribution in [0.1, 0.15) is 0 Å². The van der Waals surface area contributed by atoms with Crippen molar-refractivity contribution in [3.63, 3.8) is 0 Å². The first-order valence-corrected chi connectivity index (χ1v) is 25.0. The third-order valence-electron chi connectivity index (χ3n) is 16.3. The summed E-state index contributed by atoms with van der Waals surface area (Å²) in [7, 11) is 0. The predicted molar refractivity (Wildman–Crippen MR) is 301 cm³/mol. The molecule has 18 rings (SSSR count). The van der Waals surface area contributed by atoms with E-state index in [0.717, 1.165) is 116 Å². The Kier molecular flexibility index (Phi) is 7.08. The molecule has 0 N–H and O–H groups in total. The van der Waals surface area contributed by atoms with Gasteiger partial charge in [0.05, 0.1) is 43.9 Å². The highest BCUT2D eigenvalue weighted by atomic mass is 16.5. The highest BCUT2D eigenvalue weighted by Gasteiger charge is 2.42. The Morgan fingerprint density at radius 1 is 0.329 bits per heavy atom. The minimum Gasteiger partial charge on any atom is -0.458 e. The highest BCUT2D eigenvalue weighted by Crippen LogP contribution is 2.48. The van der Waals surface area contributed by atoms with Gasteiger partial charge in [0.25, 0.3) is 6.71 Å². The first kappa shape index (κ1) is 38.1. The molecule has 0 unspecified atom stereocenters. The Hall–Kier alpha value is -9.72. The van der Waals surface area contributed by atoms with Crippen LogP contribution >= 0.6 is 0 Å². The summed E-state index contributed by atoms with van der Waals surface area (Å²) in [6.45, 7) is -0.117. The van der Waals surface area contributed by atoms with E-state index in [9.17, 15) is 0 Å². The standard InChI is InChI=1S/C66H36BN3O3/c1-2-13-37(14-3-1)38-25-29-49-60(33-38)71-59-24-12-23-56-63(59)67(49)50-36-48-47-35-40(69-53-21-10-6-17-43(53)44-18-7-11-22-54(44)69)27-32-58(47)73-66(48)62-61-55(70(56)64(50)62)30-28-45-46-34-39(26-31-57(46)72-65(45)61)68-51-19-8-4-15-41(51)42-16-5-9-20-52(42)68/h1-36H. The SMILES string of the molecule is c1ccc(-c2ccc3c(c2)Oc2cccc4c2B3c2cc3c5cc(-n6c7ccccc7c7ccccc76)ccc5oc3c3c5c6oc7ccc(-n8c9ccccc9c9ccccc98)cc7c6ccc5n-4c23)cc1. The maximum atomic E-state index is 7.27. The molecule has 0 aliphatic carbocycles. The summed E-state index contributed by atoms with van der Waals surface area (Å²) in [5.41, 5.74) is 19.3. The molecule has 11 aromatic carbocycles. The van der Waals surface area contributed by atoms with Gasteiger partial charge in [0.15, 0.2) is 0 Å². The number of aromatic nitrogens is 3. The lowest BCUT2D eigenvalue weighted by atomic mass is 9.34. The van der Waals surface area contributed by atoms with Crippen LogP contribution in [0.15, 0.2) is 227 Å². The van der Waals surface area contributed by atoms with Crippen LogP contribution in [0.4, 0.5) is 0 Å². The van der Waals surface area contributed by atoms with Gasteiger partial charge < -0.3 is 27.3 Å². The summed E-state index contributed by atoms with van der Waals surface area (Å²) < 4.78 is 28.7. The number of furan rings is 2. The Morgan fingerprint density at radius 2 is 0.904 bits per heavy atom. The van der Waals surface area contributed by atoms with Gasteiger partial charge in [-0.05, 0) is 119 Å². The molecule has 0 atom stereocenters. The molecule has 7 heterocycles. The van der Waals surface area contributed by atoms with Crippen LogP contribution in [0.5, 0.6) is 11.5 Å². The molecule has 336 valence electrons. The van der Waals surface area contributed by atoms with E-state index in [1.165, 1.54) is 49.1 Å². The van der Waals surface area contributed by atoms with E-state index in [1.54, 1.807) is 0 Å². The second-order valence-electron chi connectivity index (χ2n) is 19.9. The van der Waals surface area contributed by atoms with E-state index >= 15 is 0 Å². The Morgan fingerprint density at radius 3 is 1.53 bits per heavy atom. The van der Waals surface area contributed by atoms with Crippen LogP contribution in [-0.2, 0) is 0 Å². The quantitative estimate of drug-likeness (QED) is 0.166. The van der Waals surface area contributed by atoms with E-state index in [-0.39, 0.29) is 6.71 Å². The highest BCUT2D eigenvalue weighted by molar-refractivity contribution is 6.99. The zero-order valence-electron chi connectivity index (χ0n) is 38.9. The third-order valence-corrected chi connectivity index (χ3v) is 16.3. The minimum absolute atomic E-state index is 0.117. The van der Waals surface area contributed by atoms with Crippen LogP contribution in [0.25, 0.3) is 137 Å². The van der Waals surface area contributed by atoms with Crippen LogP contribution < -0.4 is 21.1 Å². The smallest absolute Gasteiger partial charge is 0.256 e. The van der Waals surface area contributed by atoms with Crippen molar-refractivity contribution in [3.8, 4) is 39.7 Å². The molecular formula is C66H36BN3O3. The molecule has 6 nitrogen and oxygen atoms in total. The molecule has 2 aliphatic heterocycles. The maximum Gasteiger partial charge on any atom is 0.256 e. The third kappa shape index (κ3) is 4.84. The summed E-state index contributed by atoms with van der Waals surface area (Å²) in [6, 6.07) is 78.9. The van der Waals surface area contributed by atoms with Gasteiger partial charge >= 0.3 is 0 Å². The second-order valence-corrected chi connectivity index (χ2v) is 19.9.